The summed E-state index contributed by atoms with van der Waals surface area (Å²) in [5.41, 5.74) is 1.85. The summed E-state index contributed by atoms with van der Waals surface area (Å²) in [6, 6.07) is 10.3. The average Bonchev–Trinajstić information content (AvgIpc) is 2.61. The first kappa shape index (κ1) is 17.8. The minimum Gasteiger partial charge on any atom is -0.354 e. The van der Waals surface area contributed by atoms with Crippen molar-refractivity contribution in [2.75, 3.05) is 10.6 Å². The topological polar surface area (TPSA) is 54.0 Å². The third-order valence-electron chi connectivity index (χ3n) is 3.66. The van der Waals surface area contributed by atoms with E-state index in [0.717, 1.165) is 23.4 Å². The van der Waals surface area contributed by atoms with Crippen molar-refractivity contribution in [1.29, 1.82) is 0 Å². The first-order valence-corrected chi connectivity index (χ1v) is 8.05. The van der Waals surface area contributed by atoms with Crippen LogP contribution in [-0.2, 0) is 0 Å². The van der Waals surface area contributed by atoms with E-state index in [1.807, 2.05) is 19.1 Å². The van der Waals surface area contributed by atoms with Crippen molar-refractivity contribution in [2.24, 2.45) is 0 Å². The normalized spacial score (nSPS) is 10.5. The fourth-order valence-corrected chi connectivity index (χ4v) is 2.45. The highest BCUT2D eigenvalue weighted by molar-refractivity contribution is 6.31. The van der Waals surface area contributed by atoms with E-state index >= 15 is 0 Å². The molecule has 1 aromatic heterocycles. The van der Waals surface area contributed by atoms with E-state index in [2.05, 4.69) is 15.6 Å². The highest BCUT2D eigenvalue weighted by atomic mass is 35.5. The summed E-state index contributed by atoms with van der Waals surface area (Å²) < 4.78 is 27.3. The number of halogens is 3. The molecule has 0 saturated carbocycles. The van der Waals surface area contributed by atoms with Gasteiger partial charge in [-0.15, -0.1) is 0 Å². The number of carbonyl (C=O) groups is 1. The number of para-hydroxylation sites is 1. The summed E-state index contributed by atoms with van der Waals surface area (Å²) >= 11 is 6.09. The van der Waals surface area contributed by atoms with Gasteiger partial charge in [0, 0.05) is 16.9 Å². The highest BCUT2D eigenvalue weighted by Crippen LogP contribution is 2.24. The van der Waals surface area contributed by atoms with Crippen LogP contribution in [0.4, 0.5) is 25.8 Å². The van der Waals surface area contributed by atoms with Gasteiger partial charge < -0.3 is 10.6 Å². The molecular formula is C19H14ClF2N3O. The zero-order valence-electron chi connectivity index (χ0n) is 13.7. The number of rotatable bonds is 4. The maximum Gasteiger partial charge on any atom is 0.257 e. The van der Waals surface area contributed by atoms with Gasteiger partial charge in [0.15, 0.2) is 0 Å². The van der Waals surface area contributed by atoms with Crippen LogP contribution in [0.3, 0.4) is 0 Å². The standard InChI is InChI=1S/C19H14ClF2N3O/c1-11-5-6-13(8-15(11)20)24-14-7-12(9-23-10-14)19(26)25-18-16(21)3-2-4-17(18)22/h2-10,24H,1H3,(H,25,26). The summed E-state index contributed by atoms with van der Waals surface area (Å²) in [7, 11) is 0. The number of nitrogens with zero attached hydrogens (tertiary/aromatic N) is 1. The molecule has 2 aromatic carbocycles. The Bertz CT molecular complexity index is 958. The highest BCUT2D eigenvalue weighted by Gasteiger charge is 2.14. The number of pyridine rings is 1. The Hall–Kier alpha value is -2.99. The van der Waals surface area contributed by atoms with Crippen molar-refractivity contribution < 1.29 is 13.6 Å². The van der Waals surface area contributed by atoms with E-state index in [1.54, 1.807) is 6.07 Å². The minimum absolute atomic E-state index is 0.149. The quantitative estimate of drug-likeness (QED) is 0.651. The first-order valence-electron chi connectivity index (χ1n) is 7.67. The molecule has 0 saturated heterocycles. The Morgan fingerprint density at radius 1 is 1.04 bits per heavy atom. The molecule has 132 valence electrons. The maximum absolute atomic E-state index is 13.7. The lowest BCUT2D eigenvalue weighted by atomic mass is 10.2. The molecule has 7 heteroatoms. The van der Waals surface area contributed by atoms with E-state index in [-0.39, 0.29) is 5.56 Å². The van der Waals surface area contributed by atoms with Crippen molar-refractivity contribution in [3.63, 3.8) is 0 Å². The van der Waals surface area contributed by atoms with E-state index in [9.17, 15) is 13.6 Å². The third kappa shape index (κ3) is 3.97. The zero-order valence-corrected chi connectivity index (χ0v) is 14.4. The van der Waals surface area contributed by atoms with Crippen LogP contribution >= 0.6 is 11.6 Å². The van der Waals surface area contributed by atoms with Crippen LogP contribution in [0.5, 0.6) is 0 Å². The fourth-order valence-electron chi connectivity index (χ4n) is 2.27. The van der Waals surface area contributed by atoms with Gasteiger partial charge in [-0.2, -0.15) is 0 Å². The molecule has 3 aromatic rings. The van der Waals surface area contributed by atoms with Crippen molar-refractivity contribution in [3.8, 4) is 0 Å². The first-order chi connectivity index (χ1) is 12.4. The largest absolute Gasteiger partial charge is 0.354 e. The molecule has 0 aliphatic rings. The Labute approximate surface area is 153 Å². The van der Waals surface area contributed by atoms with Crippen molar-refractivity contribution >= 4 is 34.6 Å². The van der Waals surface area contributed by atoms with Crippen LogP contribution in [0.1, 0.15) is 15.9 Å². The average molecular weight is 374 g/mol. The molecule has 26 heavy (non-hydrogen) atoms. The fraction of sp³-hybridized carbons (Fsp3) is 0.0526. The van der Waals surface area contributed by atoms with Crippen molar-refractivity contribution in [3.05, 3.63) is 82.6 Å². The number of benzene rings is 2. The molecule has 2 N–H and O–H groups in total. The molecule has 1 heterocycles. The van der Waals surface area contributed by atoms with Gasteiger partial charge in [0.25, 0.3) is 5.91 Å². The monoisotopic (exact) mass is 373 g/mol. The molecule has 0 aliphatic carbocycles. The van der Waals surface area contributed by atoms with Crippen molar-refractivity contribution in [2.45, 2.75) is 6.92 Å². The number of anilines is 3. The number of hydrogen-bond donors (Lipinski definition) is 2. The van der Waals surface area contributed by atoms with Crippen LogP contribution in [-0.4, -0.2) is 10.9 Å². The summed E-state index contributed by atoms with van der Waals surface area (Å²) in [5.74, 6) is -2.38. The van der Waals surface area contributed by atoms with Gasteiger partial charge in [0.1, 0.15) is 17.3 Å². The Balaban J connectivity index is 1.80. The molecule has 0 atom stereocenters. The van der Waals surface area contributed by atoms with Gasteiger partial charge in [-0.25, -0.2) is 8.78 Å². The third-order valence-corrected chi connectivity index (χ3v) is 4.07. The molecule has 0 radical (unpaired) electrons. The minimum atomic E-state index is -0.852. The second-order valence-electron chi connectivity index (χ2n) is 5.60. The molecule has 0 unspecified atom stereocenters. The molecule has 3 rings (SSSR count). The SMILES string of the molecule is Cc1ccc(Nc2cncc(C(=O)Nc3c(F)cccc3F)c2)cc1Cl. The predicted octanol–water partition coefficient (Wildman–Crippen LogP) is 5.32. The molecule has 0 bridgehead atoms. The Morgan fingerprint density at radius 2 is 1.77 bits per heavy atom. The second-order valence-corrected chi connectivity index (χ2v) is 6.01. The number of hydrogen-bond acceptors (Lipinski definition) is 3. The van der Waals surface area contributed by atoms with Gasteiger partial charge in [-0.3, -0.25) is 9.78 Å². The second kappa shape index (κ2) is 7.49. The summed E-state index contributed by atoms with van der Waals surface area (Å²) in [6.07, 6.45) is 2.83. The van der Waals surface area contributed by atoms with E-state index < -0.39 is 23.2 Å². The Kier molecular flexibility index (Phi) is 5.14. The van der Waals surface area contributed by atoms with Gasteiger partial charge in [0.05, 0.1) is 17.4 Å². The van der Waals surface area contributed by atoms with E-state index in [4.69, 9.17) is 11.6 Å². The number of nitrogens with one attached hydrogen (secondary N) is 2. The van der Waals surface area contributed by atoms with E-state index in [1.165, 1.54) is 24.5 Å². The molecule has 0 fully saturated rings. The summed E-state index contributed by atoms with van der Waals surface area (Å²) in [6.45, 7) is 1.89. The lowest BCUT2D eigenvalue weighted by Crippen LogP contribution is -2.14. The summed E-state index contributed by atoms with van der Waals surface area (Å²) in [5, 5.41) is 5.91. The van der Waals surface area contributed by atoms with Crippen molar-refractivity contribution in [1.82, 2.24) is 4.98 Å². The Morgan fingerprint density at radius 3 is 2.46 bits per heavy atom. The predicted molar refractivity (Wildman–Crippen MR) is 98.0 cm³/mol. The van der Waals surface area contributed by atoms with Gasteiger partial charge in [-0.05, 0) is 42.8 Å². The number of aromatic nitrogens is 1. The zero-order chi connectivity index (χ0) is 18.7. The number of carbonyl (C=O) groups excluding carboxylic acids is 1. The lowest BCUT2D eigenvalue weighted by Gasteiger charge is -2.10. The number of amides is 1. The van der Waals surface area contributed by atoms with Crippen LogP contribution in [0, 0.1) is 18.6 Å². The number of aryl methyl sites for hydroxylation is 1. The lowest BCUT2D eigenvalue weighted by molar-refractivity contribution is 0.102. The van der Waals surface area contributed by atoms with Crippen LogP contribution in [0.15, 0.2) is 54.9 Å². The van der Waals surface area contributed by atoms with Gasteiger partial charge in [-0.1, -0.05) is 23.7 Å². The molecule has 4 nitrogen and oxygen atoms in total. The van der Waals surface area contributed by atoms with Crippen LogP contribution in [0.25, 0.3) is 0 Å². The molecule has 1 amide bonds. The molecular weight excluding hydrogens is 360 g/mol. The smallest absolute Gasteiger partial charge is 0.257 e. The molecule has 0 aliphatic heterocycles. The van der Waals surface area contributed by atoms with Gasteiger partial charge in [0.2, 0.25) is 0 Å². The van der Waals surface area contributed by atoms with Gasteiger partial charge >= 0.3 is 0 Å². The van der Waals surface area contributed by atoms with E-state index in [0.29, 0.717) is 10.7 Å². The maximum atomic E-state index is 13.7. The van der Waals surface area contributed by atoms with Crippen LogP contribution in [0.2, 0.25) is 5.02 Å². The summed E-state index contributed by atoms with van der Waals surface area (Å²) in [4.78, 5) is 16.3. The molecule has 0 spiro atoms. The van der Waals surface area contributed by atoms with Crippen LogP contribution < -0.4 is 10.6 Å².